The molecule has 0 aliphatic rings. The minimum atomic E-state index is -0.830. The number of amides is 1. The molecule has 4 heteroatoms. The minimum Gasteiger partial charge on any atom is -0.394 e. The van der Waals surface area contributed by atoms with Crippen molar-refractivity contribution in [2.24, 2.45) is 0 Å². The van der Waals surface area contributed by atoms with Crippen molar-refractivity contribution in [1.82, 2.24) is 5.32 Å². The molecule has 0 aromatic rings. The van der Waals surface area contributed by atoms with E-state index in [1.165, 1.54) is 154 Å². The first kappa shape index (κ1) is 40.1. The number of nitrogens with one attached hydrogen (secondary N) is 1. The number of carbonyl (C=O) groups is 1. The molecule has 4 nitrogen and oxygen atoms in total. The molecule has 1 amide bonds. The van der Waals surface area contributed by atoms with Crippen molar-refractivity contribution in [3.63, 3.8) is 0 Å². The summed E-state index contributed by atoms with van der Waals surface area (Å²) in [6.45, 7) is 4.28. The monoisotopic (exact) mass is 580 g/mol. The van der Waals surface area contributed by atoms with Crippen LogP contribution < -0.4 is 5.32 Å². The van der Waals surface area contributed by atoms with Crippen molar-refractivity contribution < 1.29 is 15.0 Å². The lowest BCUT2D eigenvalue weighted by atomic mass is 10.0. The average Bonchev–Trinajstić information content (AvgIpc) is 2.97. The zero-order chi connectivity index (χ0) is 30.1. The molecule has 0 saturated heterocycles. The Morgan fingerprint density at radius 1 is 0.561 bits per heavy atom. The summed E-state index contributed by atoms with van der Waals surface area (Å²) >= 11 is 0. The van der Waals surface area contributed by atoms with Gasteiger partial charge in [-0.15, -0.1) is 0 Å². The maximum atomic E-state index is 12.3. The quantitative estimate of drug-likeness (QED) is 0.0535. The van der Waals surface area contributed by atoms with E-state index in [1.54, 1.807) is 6.08 Å². The third-order valence-corrected chi connectivity index (χ3v) is 8.52. The Kier molecular flexibility index (Phi) is 32.9. The van der Waals surface area contributed by atoms with Gasteiger partial charge in [0.25, 0.3) is 0 Å². The Hall–Kier alpha value is -0.870. The zero-order valence-corrected chi connectivity index (χ0v) is 27.8. The number of hydrogen-bond acceptors (Lipinski definition) is 3. The van der Waals surface area contributed by atoms with E-state index >= 15 is 0 Å². The molecule has 0 heterocycles. The van der Waals surface area contributed by atoms with E-state index < -0.39 is 12.1 Å². The first-order valence-electron chi connectivity index (χ1n) is 18.4. The van der Waals surface area contributed by atoms with Crippen LogP contribution in [0.5, 0.6) is 0 Å². The number of aliphatic hydroxyl groups is 2. The maximum absolute atomic E-state index is 12.3. The molecule has 0 spiro atoms. The molecule has 0 fully saturated rings. The van der Waals surface area contributed by atoms with Gasteiger partial charge in [0, 0.05) is 6.42 Å². The highest BCUT2D eigenvalue weighted by Gasteiger charge is 2.17. The lowest BCUT2D eigenvalue weighted by Crippen LogP contribution is -2.45. The summed E-state index contributed by atoms with van der Waals surface area (Å²) in [4.78, 5) is 12.3. The van der Waals surface area contributed by atoms with Crippen molar-refractivity contribution >= 4 is 5.91 Å². The van der Waals surface area contributed by atoms with Crippen LogP contribution in [-0.4, -0.2) is 34.9 Å². The first-order valence-corrected chi connectivity index (χ1v) is 18.4. The fraction of sp³-hybridized carbons (Fsp3) is 0.919. The maximum Gasteiger partial charge on any atom is 0.220 e. The Labute approximate surface area is 256 Å². The van der Waals surface area contributed by atoms with Crippen LogP contribution in [0, 0.1) is 0 Å². The molecule has 0 aliphatic carbocycles. The van der Waals surface area contributed by atoms with Crippen molar-refractivity contribution in [1.29, 1.82) is 0 Å². The summed E-state index contributed by atoms with van der Waals surface area (Å²) in [6, 6.07) is -0.613. The molecule has 0 aromatic heterocycles. The molecule has 0 aliphatic heterocycles. The second-order valence-electron chi connectivity index (χ2n) is 12.7. The van der Waals surface area contributed by atoms with E-state index in [-0.39, 0.29) is 12.5 Å². The van der Waals surface area contributed by atoms with Crippen LogP contribution in [0.2, 0.25) is 0 Å². The van der Waals surface area contributed by atoms with Gasteiger partial charge < -0.3 is 15.5 Å². The third kappa shape index (κ3) is 30.4. The molecule has 0 saturated carbocycles. The Balaban J connectivity index is 3.50. The van der Waals surface area contributed by atoms with Crippen molar-refractivity contribution in [3.8, 4) is 0 Å². The van der Waals surface area contributed by atoms with Crippen LogP contribution in [-0.2, 0) is 4.79 Å². The second-order valence-corrected chi connectivity index (χ2v) is 12.7. The molecule has 2 unspecified atom stereocenters. The molecule has 2 atom stereocenters. The summed E-state index contributed by atoms with van der Waals surface area (Å²) in [5.41, 5.74) is 0. The van der Waals surface area contributed by atoms with Crippen LogP contribution in [0.15, 0.2) is 12.2 Å². The molecule has 0 aromatic carbocycles. The lowest BCUT2D eigenvalue weighted by molar-refractivity contribution is -0.123. The zero-order valence-electron chi connectivity index (χ0n) is 27.8. The number of rotatable bonds is 33. The van der Waals surface area contributed by atoms with Crippen molar-refractivity contribution in [2.75, 3.05) is 6.61 Å². The molecule has 3 N–H and O–H groups in total. The number of aliphatic hydroxyl groups excluding tert-OH is 2. The highest BCUT2D eigenvalue weighted by molar-refractivity contribution is 5.76. The molecule has 244 valence electrons. The average molecular weight is 580 g/mol. The first-order chi connectivity index (χ1) is 20.2. The fourth-order valence-electron chi connectivity index (χ4n) is 5.65. The standard InChI is InChI=1S/C37H73NO3/c1-3-5-7-9-11-13-14-15-16-17-18-19-20-21-22-23-25-27-29-31-33-37(41)38-35(34-39)36(40)32-30-28-26-24-12-10-8-6-4-2/h30,32,35-36,39-40H,3-29,31,33-34H2,1-2H3,(H,38,41)/b32-30+. The predicted molar refractivity (Wildman–Crippen MR) is 179 cm³/mol. The second kappa shape index (κ2) is 33.6. The van der Waals surface area contributed by atoms with Crippen LogP contribution in [0.1, 0.15) is 200 Å². The van der Waals surface area contributed by atoms with E-state index in [9.17, 15) is 15.0 Å². The van der Waals surface area contributed by atoms with Crippen LogP contribution >= 0.6 is 0 Å². The number of allylic oxidation sites excluding steroid dienone is 1. The summed E-state index contributed by atoms with van der Waals surface area (Å²) in [6.07, 6.45) is 40.2. The van der Waals surface area contributed by atoms with Gasteiger partial charge in [-0.3, -0.25) is 4.79 Å². The Morgan fingerprint density at radius 3 is 1.27 bits per heavy atom. The minimum absolute atomic E-state index is 0.0639. The number of carbonyl (C=O) groups excluding carboxylic acids is 1. The summed E-state index contributed by atoms with van der Waals surface area (Å²) in [7, 11) is 0. The van der Waals surface area contributed by atoms with E-state index in [1.807, 2.05) is 6.08 Å². The van der Waals surface area contributed by atoms with Gasteiger partial charge in [0.15, 0.2) is 0 Å². The lowest BCUT2D eigenvalue weighted by Gasteiger charge is -2.20. The summed E-state index contributed by atoms with van der Waals surface area (Å²) < 4.78 is 0. The van der Waals surface area contributed by atoms with Gasteiger partial charge in [-0.2, -0.15) is 0 Å². The van der Waals surface area contributed by atoms with E-state index in [4.69, 9.17) is 0 Å². The summed E-state index contributed by atoms with van der Waals surface area (Å²) in [5, 5.41) is 22.8. The Bertz CT molecular complexity index is 550. The van der Waals surface area contributed by atoms with Gasteiger partial charge in [0.05, 0.1) is 18.8 Å². The van der Waals surface area contributed by atoms with Gasteiger partial charge >= 0.3 is 0 Å². The third-order valence-electron chi connectivity index (χ3n) is 8.52. The van der Waals surface area contributed by atoms with Crippen molar-refractivity contribution in [3.05, 3.63) is 12.2 Å². The number of hydrogen-bond donors (Lipinski definition) is 3. The normalized spacial score (nSPS) is 13.2. The smallest absolute Gasteiger partial charge is 0.220 e. The Morgan fingerprint density at radius 2 is 0.902 bits per heavy atom. The van der Waals surface area contributed by atoms with E-state index in [2.05, 4.69) is 19.2 Å². The van der Waals surface area contributed by atoms with Crippen LogP contribution in [0.25, 0.3) is 0 Å². The van der Waals surface area contributed by atoms with Crippen molar-refractivity contribution in [2.45, 2.75) is 212 Å². The molecule has 41 heavy (non-hydrogen) atoms. The fourth-order valence-corrected chi connectivity index (χ4v) is 5.65. The highest BCUT2D eigenvalue weighted by Crippen LogP contribution is 2.15. The predicted octanol–water partition coefficient (Wildman–Crippen LogP) is 10.7. The molecule has 0 rings (SSSR count). The van der Waals surface area contributed by atoms with Gasteiger partial charge in [-0.05, 0) is 19.3 Å². The van der Waals surface area contributed by atoms with Gasteiger partial charge in [-0.1, -0.05) is 187 Å². The topological polar surface area (TPSA) is 69.6 Å². The SMILES string of the molecule is CCCCCCCCC/C=C/C(O)C(CO)NC(=O)CCCCCCCCCCCCCCCCCCCCCC. The van der Waals surface area contributed by atoms with Gasteiger partial charge in [0.2, 0.25) is 5.91 Å². The van der Waals surface area contributed by atoms with E-state index in [0.29, 0.717) is 6.42 Å². The molecule has 0 bridgehead atoms. The molecular weight excluding hydrogens is 506 g/mol. The molecule has 0 radical (unpaired) electrons. The number of unbranched alkanes of at least 4 members (excludes halogenated alkanes) is 26. The largest absolute Gasteiger partial charge is 0.394 e. The molecular formula is C37H73NO3. The van der Waals surface area contributed by atoms with Gasteiger partial charge in [0.1, 0.15) is 0 Å². The van der Waals surface area contributed by atoms with Gasteiger partial charge in [-0.25, -0.2) is 0 Å². The van der Waals surface area contributed by atoms with Crippen LogP contribution in [0.3, 0.4) is 0 Å². The highest BCUT2D eigenvalue weighted by atomic mass is 16.3. The van der Waals surface area contributed by atoms with E-state index in [0.717, 1.165) is 25.7 Å². The summed E-state index contributed by atoms with van der Waals surface area (Å²) in [5.74, 6) is -0.0639. The van der Waals surface area contributed by atoms with Crippen LogP contribution in [0.4, 0.5) is 0 Å².